The molecule has 178 valence electrons. The van der Waals surface area contributed by atoms with Crippen LogP contribution in [0.1, 0.15) is 24.1 Å². The van der Waals surface area contributed by atoms with E-state index in [1.54, 1.807) is 11.1 Å². The number of alkyl halides is 3. The lowest BCUT2D eigenvalue weighted by molar-refractivity contribution is -0.384. The van der Waals surface area contributed by atoms with Crippen molar-refractivity contribution in [3.8, 4) is 10.6 Å². The lowest BCUT2D eigenvalue weighted by atomic mass is 9.95. The minimum atomic E-state index is -4.67. The molecule has 1 aromatic carbocycles. The van der Waals surface area contributed by atoms with Crippen molar-refractivity contribution in [2.45, 2.75) is 25.9 Å². The highest BCUT2D eigenvalue weighted by Gasteiger charge is 2.35. The molecule has 1 aliphatic heterocycles. The second-order valence-electron chi connectivity index (χ2n) is 7.86. The summed E-state index contributed by atoms with van der Waals surface area (Å²) in [6, 6.07) is 8.06. The van der Waals surface area contributed by atoms with Crippen molar-refractivity contribution in [3.05, 3.63) is 64.0 Å². The van der Waals surface area contributed by atoms with E-state index in [9.17, 15) is 28.1 Å². The molecule has 1 fully saturated rings. The quantitative estimate of drug-likeness (QED) is 0.384. The van der Waals surface area contributed by atoms with E-state index in [-0.39, 0.29) is 17.5 Å². The predicted molar refractivity (Wildman–Crippen MR) is 122 cm³/mol. The molecule has 0 spiro atoms. The Labute approximate surface area is 196 Å². The van der Waals surface area contributed by atoms with Crippen LogP contribution in [-0.4, -0.2) is 33.9 Å². The predicted octanol–water partition coefficient (Wildman–Crippen LogP) is 5.30. The van der Waals surface area contributed by atoms with E-state index in [1.165, 1.54) is 11.3 Å². The van der Waals surface area contributed by atoms with Crippen LogP contribution in [-0.2, 0) is 11.0 Å². The maximum atomic E-state index is 13.0. The summed E-state index contributed by atoms with van der Waals surface area (Å²) >= 11 is 1.33. The number of nitro benzene ring substituents is 1. The number of nitro groups is 1. The number of pyridine rings is 1. The molecule has 0 unspecified atom stereocenters. The van der Waals surface area contributed by atoms with Gasteiger partial charge in [0.1, 0.15) is 5.69 Å². The highest BCUT2D eigenvalue weighted by molar-refractivity contribution is 7.19. The zero-order valence-corrected chi connectivity index (χ0v) is 18.8. The fourth-order valence-corrected chi connectivity index (χ4v) is 4.83. The Hall–Kier alpha value is -3.54. The highest BCUT2D eigenvalue weighted by Crippen LogP contribution is 2.38. The largest absolute Gasteiger partial charge is 0.416 e. The van der Waals surface area contributed by atoms with E-state index in [2.05, 4.69) is 15.3 Å². The third kappa shape index (κ3) is 5.01. The highest BCUT2D eigenvalue weighted by atomic mass is 32.1. The van der Waals surface area contributed by atoms with Crippen LogP contribution in [0.3, 0.4) is 0 Å². The lowest BCUT2D eigenvalue weighted by Gasteiger charge is -2.32. The van der Waals surface area contributed by atoms with E-state index >= 15 is 0 Å². The van der Waals surface area contributed by atoms with Crippen LogP contribution in [0.25, 0.3) is 10.6 Å². The summed E-state index contributed by atoms with van der Waals surface area (Å²) in [4.78, 5) is 34.6. The smallest absolute Gasteiger partial charge is 0.366 e. The number of nitrogens with zero attached hydrogens (tertiary/aromatic N) is 4. The lowest BCUT2D eigenvalue weighted by Crippen LogP contribution is -2.38. The number of hydrogen-bond donors (Lipinski definition) is 1. The maximum absolute atomic E-state index is 13.0. The summed E-state index contributed by atoms with van der Waals surface area (Å²) in [5.41, 5.74) is -0.0284. The summed E-state index contributed by atoms with van der Waals surface area (Å²) in [6.45, 7) is 2.45. The van der Waals surface area contributed by atoms with Gasteiger partial charge in [-0.25, -0.2) is 4.98 Å². The van der Waals surface area contributed by atoms with Gasteiger partial charge in [-0.1, -0.05) is 17.4 Å². The Morgan fingerprint density at radius 1 is 1.24 bits per heavy atom. The number of halogens is 3. The molecular weight excluding hydrogens is 471 g/mol. The third-order valence-corrected chi connectivity index (χ3v) is 6.73. The van der Waals surface area contributed by atoms with Gasteiger partial charge >= 0.3 is 6.18 Å². The van der Waals surface area contributed by atoms with Gasteiger partial charge in [-0.3, -0.25) is 19.9 Å². The molecule has 8 nitrogen and oxygen atoms in total. The second-order valence-corrected chi connectivity index (χ2v) is 8.86. The second kappa shape index (κ2) is 9.37. The number of anilines is 2. The molecule has 2 aromatic heterocycles. The van der Waals surface area contributed by atoms with Gasteiger partial charge in [0.15, 0.2) is 5.13 Å². The van der Waals surface area contributed by atoms with E-state index in [0.717, 1.165) is 28.4 Å². The number of rotatable bonds is 5. The average Bonchev–Trinajstić information content (AvgIpc) is 3.18. The van der Waals surface area contributed by atoms with Crippen LogP contribution in [0.15, 0.2) is 42.6 Å². The first-order valence-corrected chi connectivity index (χ1v) is 11.3. The zero-order chi connectivity index (χ0) is 24.5. The fourth-order valence-electron chi connectivity index (χ4n) is 3.89. The maximum Gasteiger partial charge on any atom is 0.416 e. The molecule has 0 aliphatic carbocycles. The molecule has 3 heterocycles. The van der Waals surface area contributed by atoms with Crippen molar-refractivity contribution in [3.63, 3.8) is 0 Å². The van der Waals surface area contributed by atoms with Crippen molar-refractivity contribution in [1.82, 2.24) is 9.97 Å². The third-order valence-electron chi connectivity index (χ3n) is 5.63. The van der Waals surface area contributed by atoms with Gasteiger partial charge < -0.3 is 10.2 Å². The van der Waals surface area contributed by atoms with Gasteiger partial charge in [0.2, 0.25) is 5.91 Å². The molecule has 4 rings (SSSR count). The van der Waals surface area contributed by atoms with Crippen LogP contribution in [0, 0.1) is 23.0 Å². The van der Waals surface area contributed by atoms with Crippen molar-refractivity contribution in [1.29, 1.82) is 0 Å². The van der Waals surface area contributed by atoms with Crippen molar-refractivity contribution < 1.29 is 22.9 Å². The molecular formula is C22H20F3N5O3S. The van der Waals surface area contributed by atoms with Gasteiger partial charge in [-0.2, -0.15) is 13.2 Å². The van der Waals surface area contributed by atoms with Gasteiger partial charge in [0, 0.05) is 31.3 Å². The van der Waals surface area contributed by atoms with Gasteiger partial charge in [0.05, 0.1) is 26.8 Å². The van der Waals surface area contributed by atoms with Gasteiger partial charge in [-0.15, -0.1) is 0 Å². The minimum Gasteiger partial charge on any atom is -0.366 e. The molecule has 1 saturated heterocycles. The number of amides is 1. The van der Waals surface area contributed by atoms with Crippen molar-refractivity contribution in [2.75, 3.05) is 23.3 Å². The molecule has 0 bridgehead atoms. The molecule has 0 atom stereocenters. The summed E-state index contributed by atoms with van der Waals surface area (Å²) in [5.74, 6) is -0.546. The van der Waals surface area contributed by atoms with E-state index in [4.69, 9.17) is 0 Å². The number of thiazole rings is 1. The van der Waals surface area contributed by atoms with E-state index in [1.807, 2.05) is 25.1 Å². The van der Waals surface area contributed by atoms with Crippen molar-refractivity contribution >= 4 is 33.8 Å². The Bertz CT molecular complexity index is 1210. The SMILES string of the molecule is Cc1nc(NC(=O)C2CCN(c3ccc(C(F)(F)F)cc3[N+](=O)[O-])CC2)sc1-c1ccccn1. The Morgan fingerprint density at radius 3 is 2.59 bits per heavy atom. The standard InChI is InChI=1S/C22H20F3N5O3S/c1-13-19(16-4-2-3-9-26-16)34-21(27-13)28-20(31)14-7-10-29(11-8-14)17-6-5-15(22(23,24)25)12-18(17)30(32)33/h2-6,9,12,14H,7-8,10-11H2,1H3,(H,27,28,31). The number of aryl methyl sites for hydroxylation is 1. The average molecular weight is 491 g/mol. The normalized spacial score (nSPS) is 14.8. The molecule has 0 radical (unpaired) electrons. The van der Waals surface area contributed by atoms with E-state index < -0.39 is 22.4 Å². The number of carbonyl (C=O) groups is 1. The summed E-state index contributed by atoms with van der Waals surface area (Å²) in [7, 11) is 0. The molecule has 1 amide bonds. The Balaban J connectivity index is 1.42. The minimum absolute atomic E-state index is 0.118. The van der Waals surface area contributed by atoms with Crippen LogP contribution >= 0.6 is 11.3 Å². The molecule has 1 N–H and O–H groups in total. The summed E-state index contributed by atoms with van der Waals surface area (Å²) in [6.07, 6.45) is -2.18. The number of carbonyl (C=O) groups excluding carboxylic acids is 1. The first-order valence-electron chi connectivity index (χ1n) is 10.4. The van der Waals surface area contributed by atoms with Crippen molar-refractivity contribution in [2.24, 2.45) is 5.92 Å². The molecule has 0 saturated carbocycles. The number of hydrogen-bond acceptors (Lipinski definition) is 7. The van der Waals surface area contributed by atoms with Crippen LogP contribution < -0.4 is 10.2 Å². The van der Waals surface area contributed by atoms with Gasteiger partial charge in [0.25, 0.3) is 5.69 Å². The van der Waals surface area contributed by atoms with Crippen LogP contribution in [0.5, 0.6) is 0 Å². The number of piperidine rings is 1. The zero-order valence-electron chi connectivity index (χ0n) is 18.0. The summed E-state index contributed by atoms with van der Waals surface area (Å²) < 4.78 is 38.9. The molecule has 34 heavy (non-hydrogen) atoms. The number of nitrogens with one attached hydrogen (secondary N) is 1. The van der Waals surface area contributed by atoms with Gasteiger partial charge in [-0.05, 0) is 44.0 Å². The van der Waals surface area contributed by atoms with Crippen LogP contribution in [0.2, 0.25) is 0 Å². The fraction of sp³-hybridized carbons (Fsp3) is 0.318. The molecule has 12 heteroatoms. The summed E-state index contributed by atoms with van der Waals surface area (Å²) in [5, 5.41) is 14.7. The topological polar surface area (TPSA) is 101 Å². The molecule has 3 aromatic rings. The monoisotopic (exact) mass is 491 g/mol. The van der Waals surface area contributed by atoms with E-state index in [0.29, 0.717) is 37.1 Å². The Morgan fingerprint density at radius 2 is 1.97 bits per heavy atom. The first-order chi connectivity index (χ1) is 16.1. The van der Waals surface area contributed by atoms with Crippen LogP contribution in [0.4, 0.5) is 29.7 Å². The number of benzene rings is 1. The Kier molecular flexibility index (Phi) is 6.51. The first kappa shape index (κ1) is 23.6. The number of aromatic nitrogens is 2. The molecule has 1 aliphatic rings.